The summed E-state index contributed by atoms with van der Waals surface area (Å²) in [6.45, 7) is 5.00. The molecule has 1 fully saturated rings. The van der Waals surface area contributed by atoms with Crippen LogP contribution in [-0.4, -0.2) is 12.6 Å². The van der Waals surface area contributed by atoms with Gasteiger partial charge in [0.1, 0.15) is 0 Å². The predicted octanol–water partition coefficient (Wildman–Crippen LogP) is 1.99. The Morgan fingerprint density at radius 3 is 2.91 bits per heavy atom. The van der Waals surface area contributed by atoms with Gasteiger partial charge in [-0.2, -0.15) is 0 Å². The number of carbonyl (C=O) groups excluding carboxylic acids is 1. The summed E-state index contributed by atoms with van der Waals surface area (Å²) >= 11 is 0. The van der Waals surface area contributed by atoms with Crippen LogP contribution in [0.1, 0.15) is 33.1 Å². The van der Waals surface area contributed by atoms with Crippen LogP contribution < -0.4 is 0 Å². The molecule has 0 amide bonds. The molecule has 11 heavy (non-hydrogen) atoms. The normalized spacial score (nSPS) is 26.5. The second-order valence-electron chi connectivity index (χ2n) is 3.58. The molecule has 1 atom stereocenters. The molecule has 0 radical (unpaired) electrons. The third kappa shape index (κ3) is 2.52. The van der Waals surface area contributed by atoms with Gasteiger partial charge in [-0.1, -0.05) is 13.8 Å². The van der Waals surface area contributed by atoms with E-state index < -0.39 is 0 Å². The second kappa shape index (κ2) is 3.74. The minimum Gasteiger partial charge on any atom is -0.465 e. The van der Waals surface area contributed by atoms with E-state index in [1.807, 2.05) is 0 Å². The molecule has 0 aromatic heterocycles. The van der Waals surface area contributed by atoms with E-state index in [1.165, 1.54) is 0 Å². The van der Waals surface area contributed by atoms with Crippen LogP contribution in [0, 0.1) is 11.8 Å². The smallest absolute Gasteiger partial charge is 0.305 e. The van der Waals surface area contributed by atoms with Crippen molar-refractivity contribution in [3.05, 3.63) is 0 Å². The van der Waals surface area contributed by atoms with Crippen molar-refractivity contribution in [2.24, 2.45) is 11.8 Å². The van der Waals surface area contributed by atoms with Crippen LogP contribution in [0.25, 0.3) is 0 Å². The lowest BCUT2D eigenvalue weighted by Crippen LogP contribution is -2.14. The Balaban J connectivity index is 2.40. The monoisotopic (exact) mass is 156 g/mol. The van der Waals surface area contributed by atoms with Crippen LogP contribution in [-0.2, 0) is 9.53 Å². The van der Waals surface area contributed by atoms with Gasteiger partial charge in [-0.3, -0.25) is 4.79 Å². The molecule has 1 saturated heterocycles. The standard InChI is InChI=1S/C9H16O2/c1-7(2)8-4-3-5-9(10)11-6-8/h7-8H,3-6H2,1-2H3/t8-/m0/s1. The van der Waals surface area contributed by atoms with Gasteiger partial charge in [0.2, 0.25) is 0 Å². The van der Waals surface area contributed by atoms with Gasteiger partial charge in [0.05, 0.1) is 6.61 Å². The van der Waals surface area contributed by atoms with Crippen LogP contribution in [0.5, 0.6) is 0 Å². The van der Waals surface area contributed by atoms with E-state index in [-0.39, 0.29) is 5.97 Å². The van der Waals surface area contributed by atoms with Gasteiger partial charge in [0, 0.05) is 6.42 Å². The zero-order valence-electron chi connectivity index (χ0n) is 7.30. The highest BCUT2D eigenvalue weighted by Gasteiger charge is 2.19. The lowest BCUT2D eigenvalue weighted by Gasteiger charge is -2.16. The van der Waals surface area contributed by atoms with E-state index in [1.54, 1.807) is 0 Å². The molecular formula is C9H16O2. The van der Waals surface area contributed by atoms with E-state index in [0.29, 0.717) is 24.9 Å². The summed E-state index contributed by atoms with van der Waals surface area (Å²) in [6.07, 6.45) is 2.76. The SMILES string of the molecule is CC(C)[C@H]1CCCC(=O)OC1. The van der Waals surface area contributed by atoms with Gasteiger partial charge in [0.15, 0.2) is 0 Å². The number of esters is 1. The second-order valence-corrected chi connectivity index (χ2v) is 3.58. The molecule has 0 aromatic rings. The Bertz CT molecular complexity index is 140. The average Bonchev–Trinajstić information content (AvgIpc) is 2.13. The molecule has 2 heteroatoms. The quantitative estimate of drug-likeness (QED) is 0.543. The highest BCUT2D eigenvalue weighted by Crippen LogP contribution is 2.21. The first-order chi connectivity index (χ1) is 5.20. The molecule has 1 aliphatic rings. The van der Waals surface area contributed by atoms with Crippen LogP contribution in [0.3, 0.4) is 0 Å². The van der Waals surface area contributed by atoms with E-state index in [4.69, 9.17) is 4.74 Å². The van der Waals surface area contributed by atoms with E-state index in [2.05, 4.69) is 13.8 Å². The van der Waals surface area contributed by atoms with Gasteiger partial charge >= 0.3 is 5.97 Å². The minimum absolute atomic E-state index is 0.0202. The fraction of sp³-hybridized carbons (Fsp3) is 0.889. The van der Waals surface area contributed by atoms with E-state index >= 15 is 0 Å². The summed E-state index contributed by atoms with van der Waals surface area (Å²) in [5.74, 6) is 1.20. The minimum atomic E-state index is -0.0202. The van der Waals surface area contributed by atoms with Crippen LogP contribution in [0.15, 0.2) is 0 Å². The third-order valence-corrected chi connectivity index (χ3v) is 2.36. The highest BCUT2D eigenvalue weighted by atomic mass is 16.5. The van der Waals surface area contributed by atoms with Crippen molar-refractivity contribution in [2.75, 3.05) is 6.61 Å². The number of hydrogen-bond donors (Lipinski definition) is 0. The Hall–Kier alpha value is -0.530. The molecule has 1 heterocycles. The van der Waals surface area contributed by atoms with E-state index in [0.717, 1.165) is 12.8 Å². The molecule has 64 valence electrons. The third-order valence-electron chi connectivity index (χ3n) is 2.36. The number of hydrogen-bond acceptors (Lipinski definition) is 2. The maximum Gasteiger partial charge on any atom is 0.305 e. The largest absolute Gasteiger partial charge is 0.465 e. The van der Waals surface area contributed by atoms with Gasteiger partial charge < -0.3 is 4.74 Å². The molecule has 1 aliphatic heterocycles. The fourth-order valence-corrected chi connectivity index (χ4v) is 1.39. The summed E-state index contributed by atoms with van der Waals surface area (Å²) in [4.78, 5) is 10.8. The van der Waals surface area contributed by atoms with Gasteiger partial charge in [-0.25, -0.2) is 0 Å². The van der Waals surface area contributed by atoms with E-state index in [9.17, 15) is 4.79 Å². The molecule has 0 N–H and O–H groups in total. The molecular weight excluding hydrogens is 140 g/mol. The number of cyclic esters (lactones) is 1. The van der Waals surface area contributed by atoms with Crippen molar-refractivity contribution in [3.63, 3.8) is 0 Å². The average molecular weight is 156 g/mol. The Kier molecular flexibility index (Phi) is 2.92. The molecule has 0 bridgehead atoms. The lowest BCUT2D eigenvalue weighted by atomic mass is 9.92. The molecule has 2 nitrogen and oxygen atoms in total. The molecule has 0 unspecified atom stereocenters. The zero-order chi connectivity index (χ0) is 8.27. The molecule has 0 aliphatic carbocycles. The van der Waals surface area contributed by atoms with Crippen molar-refractivity contribution >= 4 is 5.97 Å². The van der Waals surface area contributed by atoms with Crippen molar-refractivity contribution < 1.29 is 9.53 Å². The number of ether oxygens (including phenoxy) is 1. The van der Waals surface area contributed by atoms with Crippen LogP contribution >= 0.6 is 0 Å². The highest BCUT2D eigenvalue weighted by molar-refractivity contribution is 5.69. The fourth-order valence-electron chi connectivity index (χ4n) is 1.39. The van der Waals surface area contributed by atoms with Crippen molar-refractivity contribution in [1.29, 1.82) is 0 Å². The van der Waals surface area contributed by atoms with Gasteiger partial charge in [-0.05, 0) is 24.7 Å². The summed E-state index contributed by atoms with van der Waals surface area (Å²) in [7, 11) is 0. The summed E-state index contributed by atoms with van der Waals surface area (Å²) in [5, 5.41) is 0. The molecule has 1 rings (SSSR count). The Labute approximate surface area is 67.9 Å². The predicted molar refractivity (Wildman–Crippen MR) is 43.1 cm³/mol. The Morgan fingerprint density at radius 1 is 1.55 bits per heavy atom. The number of rotatable bonds is 1. The van der Waals surface area contributed by atoms with Crippen molar-refractivity contribution in [1.82, 2.24) is 0 Å². The van der Waals surface area contributed by atoms with Crippen molar-refractivity contribution in [3.8, 4) is 0 Å². The number of carbonyl (C=O) groups is 1. The van der Waals surface area contributed by atoms with Crippen LogP contribution in [0.4, 0.5) is 0 Å². The molecule has 0 saturated carbocycles. The first-order valence-corrected chi connectivity index (χ1v) is 4.36. The molecule has 0 spiro atoms. The van der Waals surface area contributed by atoms with Gasteiger partial charge in [0.25, 0.3) is 0 Å². The van der Waals surface area contributed by atoms with Gasteiger partial charge in [-0.15, -0.1) is 0 Å². The van der Waals surface area contributed by atoms with Crippen LogP contribution in [0.2, 0.25) is 0 Å². The summed E-state index contributed by atoms with van der Waals surface area (Å²) < 4.78 is 5.04. The van der Waals surface area contributed by atoms with Crippen molar-refractivity contribution in [2.45, 2.75) is 33.1 Å². The first-order valence-electron chi connectivity index (χ1n) is 4.36. The maximum absolute atomic E-state index is 10.8. The summed E-state index contributed by atoms with van der Waals surface area (Å²) in [6, 6.07) is 0. The lowest BCUT2D eigenvalue weighted by molar-refractivity contribution is -0.143. The topological polar surface area (TPSA) is 26.3 Å². The first kappa shape index (κ1) is 8.57. The molecule has 0 aromatic carbocycles. The maximum atomic E-state index is 10.8. The summed E-state index contributed by atoms with van der Waals surface area (Å²) in [5.41, 5.74) is 0. The Morgan fingerprint density at radius 2 is 2.27 bits per heavy atom. The zero-order valence-corrected chi connectivity index (χ0v) is 7.30.